The molecule has 12 nitrogen and oxygen atoms in total. The first kappa shape index (κ1) is 27.7. The molecule has 7 N–H and O–H groups in total. The molecule has 3 aliphatic carbocycles. The van der Waals surface area contributed by atoms with Crippen LogP contribution in [0.4, 0.5) is 5.69 Å². The molecule has 0 bridgehead atoms. The average molecular weight is 555 g/mol. The summed E-state index contributed by atoms with van der Waals surface area (Å²) in [6.07, 6.45) is 0.832. The van der Waals surface area contributed by atoms with Crippen LogP contribution in [-0.2, 0) is 27.3 Å². The molecule has 1 saturated heterocycles. The second-order valence-corrected chi connectivity index (χ2v) is 11.5. The van der Waals surface area contributed by atoms with Gasteiger partial charge in [-0.1, -0.05) is 0 Å². The number of aromatic hydroxyl groups is 1. The lowest BCUT2D eigenvalue weighted by molar-refractivity contribution is -0.144. The molecular weight excluding hydrogens is 520 g/mol. The fourth-order valence-corrected chi connectivity index (χ4v) is 7.04. The maximum atomic E-state index is 13.8. The number of amides is 2. The van der Waals surface area contributed by atoms with Crippen LogP contribution in [0.3, 0.4) is 0 Å². The Morgan fingerprint density at radius 1 is 1.20 bits per heavy atom. The number of carbonyl (C=O) groups excluding carboxylic acids is 4. The Kier molecular flexibility index (Phi) is 6.66. The van der Waals surface area contributed by atoms with E-state index in [2.05, 4.69) is 10.2 Å². The van der Waals surface area contributed by atoms with Crippen molar-refractivity contribution in [2.75, 3.05) is 32.1 Å². The standard InChI is InChI=1S/C28H34N4O8/c1-12(33)30-16-4-5-32(11-16)10-14-8-18(34)21-17(23(14)31(2)3)7-13-6-15-9-19(35)22(27(29)39)26(38)28(15,40)25(37)20(13)24(21)36/h8,13,15-16,34-35,37,40H,4-7,9-11H2,1-3H3,(H2,29,39)(H,30,33)/t13?,15-,16-,28-/m0/s1. The van der Waals surface area contributed by atoms with Crippen LogP contribution in [0.1, 0.15) is 47.7 Å². The van der Waals surface area contributed by atoms with E-state index in [0.29, 0.717) is 18.7 Å². The minimum absolute atomic E-state index is 0.0124. The summed E-state index contributed by atoms with van der Waals surface area (Å²) < 4.78 is 0. The molecule has 1 aliphatic heterocycles. The van der Waals surface area contributed by atoms with Crippen LogP contribution in [0.25, 0.3) is 0 Å². The zero-order valence-corrected chi connectivity index (χ0v) is 22.7. The predicted octanol–water partition coefficient (Wildman–Crippen LogP) is 0.357. The molecule has 1 aromatic carbocycles. The number of benzene rings is 1. The van der Waals surface area contributed by atoms with Crippen molar-refractivity contribution >= 4 is 29.1 Å². The number of fused-ring (bicyclic) bond motifs is 3. The highest BCUT2D eigenvalue weighted by Crippen LogP contribution is 2.52. The van der Waals surface area contributed by atoms with E-state index in [0.717, 1.165) is 24.2 Å². The van der Waals surface area contributed by atoms with Gasteiger partial charge in [-0.3, -0.25) is 24.1 Å². The van der Waals surface area contributed by atoms with Gasteiger partial charge >= 0.3 is 0 Å². The number of phenolic OH excluding ortho intramolecular Hbond substituents is 1. The van der Waals surface area contributed by atoms with E-state index in [9.17, 15) is 39.6 Å². The number of rotatable bonds is 5. The van der Waals surface area contributed by atoms with Crippen LogP contribution >= 0.6 is 0 Å². The van der Waals surface area contributed by atoms with Gasteiger partial charge in [-0.25, -0.2) is 0 Å². The van der Waals surface area contributed by atoms with Gasteiger partial charge in [0, 0.05) is 70.3 Å². The first-order valence-electron chi connectivity index (χ1n) is 13.3. The number of hydrogen-bond acceptors (Lipinski definition) is 10. The molecular formula is C28H34N4O8. The van der Waals surface area contributed by atoms with Gasteiger partial charge in [-0.2, -0.15) is 0 Å². The molecule has 214 valence electrons. The minimum Gasteiger partial charge on any atom is -0.511 e. The molecule has 0 saturated carbocycles. The maximum Gasteiger partial charge on any atom is 0.255 e. The van der Waals surface area contributed by atoms with Crippen LogP contribution in [0.15, 0.2) is 28.7 Å². The largest absolute Gasteiger partial charge is 0.511 e. The summed E-state index contributed by atoms with van der Waals surface area (Å²) in [5, 5.41) is 47.0. The molecule has 12 heteroatoms. The second-order valence-electron chi connectivity index (χ2n) is 11.5. The average Bonchev–Trinajstić information content (AvgIpc) is 3.26. The molecule has 1 unspecified atom stereocenters. The van der Waals surface area contributed by atoms with E-state index >= 15 is 0 Å². The van der Waals surface area contributed by atoms with Crippen LogP contribution < -0.4 is 16.0 Å². The number of phenols is 1. The van der Waals surface area contributed by atoms with Crippen molar-refractivity contribution in [1.29, 1.82) is 0 Å². The number of anilines is 1. The van der Waals surface area contributed by atoms with Crippen LogP contribution in [0.5, 0.6) is 5.75 Å². The van der Waals surface area contributed by atoms with Gasteiger partial charge in [0.2, 0.25) is 11.7 Å². The first-order valence-corrected chi connectivity index (χ1v) is 13.3. The summed E-state index contributed by atoms with van der Waals surface area (Å²) in [5.41, 5.74) is 3.81. The third kappa shape index (κ3) is 4.13. The molecule has 5 rings (SSSR count). The van der Waals surface area contributed by atoms with Gasteiger partial charge in [-0.05, 0) is 42.4 Å². The van der Waals surface area contributed by atoms with Crippen LogP contribution in [0, 0.1) is 11.8 Å². The zero-order valence-electron chi connectivity index (χ0n) is 22.7. The fourth-order valence-electron chi connectivity index (χ4n) is 7.04. The Hall–Kier alpha value is -3.90. The lowest BCUT2D eigenvalue weighted by Crippen LogP contribution is -2.57. The Morgan fingerprint density at radius 2 is 1.90 bits per heavy atom. The Morgan fingerprint density at radius 3 is 2.52 bits per heavy atom. The Balaban J connectivity index is 1.56. The normalized spacial score (nSPS) is 28.2. The molecule has 0 spiro atoms. The number of nitrogens with two attached hydrogens (primary N) is 1. The summed E-state index contributed by atoms with van der Waals surface area (Å²) in [6, 6.07) is 1.55. The van der Waals surface area contributed by atoms with Crippen molar-refractivity contribution in [3.8, 4) is 5.75 Å². The van der Waals surface area contributed by atoms with Crippen molar-refractivity contribution in [3.63, 3.8) is 0 Å². The number of aliphatic hydroxyl groups is 3. The summed E-state index contributed by atoms with van der Waals surface area (Å²) in [5.74, 6) is -6.57. The number of hydrogen-bond donors (Lipinski definition) is 6. The van der Waals surface area contributed by atoms with E-state index < -0.39 is 52.0 Å². The SMILES string of the molecule is CC(=O)N[C@H]1CCN(Cc2cc(O)c3c(c2N(C)C)CC2C[C@H]4CC(O)=C(C(N)=O)C(=O)[C@@]4(O)C(O)=C2C3=O)C1. The first-order chi connectivity index (χ1) is 18.7. The van der Waals surface area contributed by atoms with E-state index in [4.69, 9.17) is 5.73 Å². The van der Waals surface area contributed by atoms with Crippen molar-refractivity contribution in [3.05, 3.63) is 45.4 Å². The molecule has 1 fully saturated rings. The van der Waals surface area contributed by atoms with Gasteiger partial charge in [0.25, 0.3) is 5.91 Å². The van der Waals surface area contributed by atoms with E-state index in [1.165, 1.54) is 13.0 Å². The molecule has 1 heterocycles. The van der Waals surface area contributed by atoms with E-state index in [-0.39, 0.29) is 48.1 Å². The fraction of sp³-hybridized carbons (Fsp3) is 0.500. The van der Waals surface area contributed by atoms with Gasteiger partial charge in [0.05, 0.1) is 5.56 Å². The quantitative estimate of drug-likeness (QED) is 0.277. The Bertz CT molecular complexity index is 1410. The number of carbonyl (C=O) groups is 4. The van der Waals surface area contributed by atoms with Crippen molar-refractivity contribution in [1.82, 2.24) is 10.2 Å². The summed E-state index contributed by atoms with van der Waals surface area (Å²) in [7, 11) is 3.67. The molecule has 4 aliphatic rings. The predicted molar refractivity (Wildman–Crippen MR) is 143 cm³/mol. The number of nitrogens with zero attached hydrogens (tertiary/aromatic N) is 2. The Labute approximate surface area is 230 Å². The molecule has 4 atom stereocenters. The van der Waals surface area contributed by atoms with Gasteiger partial charge < -0.3 is 36.4 Å². The van der Waals surface area contributed by atoms with Crippen molar-refractivity contribution < 1.29 is 39.6 Å². The molecule has 40 heavy (non-hydrogen) atoms. The summed E-state index contributed by atoms with van der Waals surface area (Å²) in [4.78, 5) is 54.3. The topological polar surface area (TPSA) is 194 Å². The maximum absolute atomic E-state index is 13.8. The lowest BCUT2D eigenvalue weighted by Gasteiger charge is -2.46. The number of nitrogens with one attached hydrogen (secondary N) is 1. The minimum atomic E-state index is -2.59. The lowest BCUT2D eigenvalue weighted by atomic mass is 9.60. The highest BCUT2D eigenvalue weighted by atomic mass is 16.3. The summed E-state index contributed by atoms with van der Waals surface area (Å²) >= 11 is 0. The number of primary amides is 1. The van der Waals surface area contributed by atoms with E-state index in [1.807, 2.05) is 19.0 Å². The van der Waals surface area contributed by atoms with Crippen LogP contribution in [0.2, 0.25) is 0 Å². The monoisotopic (exact) mass is 554 g/mol. The highest BCUT2D eigenvalue weighted by Gasteiger charge is 2.59. The highest BCUT2D eigenvalue weighted by molar-refractivity contribution is 6.24. The van der Waals surface area contributed by atoms with Gasteiger partial charge in [0.15, 0.2) is 11.4 Å². The number of Topliss-reactive ketones (excluding diaryl/α,β-unsaturated/α-hetero) is 2. The zero-order chi connectivity index (χ0) is 29.3. The molecule has 0 aromatic heterocycles. The molecule has 1 aromatic rings. The van der Waals surface area contributed by atoms with Crippen molar-refractivity contribution in [2.24, 2.45) is 17.6 Å². The molecule has 2 amide bonds. The smallest absolute Gasteiger partial charge is 0.255 e. The number of aliphatic hydroxyl groups excluding tert-OH is 2. The number of ketones is 2. The molecule has 0 radical (unpaired) electrons. The van der Waals surface area contributed by atoms with Gasteiger partial charge in [0.1, 0.15) is 22.8 Å². The third-order valence-electron chi connectivity index (χ3n) is 8.63. The third-order valence-corrected chi connectivity index (χ3v) is 8.63. The van der Waals surface area contributed by atoms with Gasteiger partial charge in [-0.15, -0.1) is 0 Å². The van der Waals surface area contributed by atoms with E-state index in [1.54, 1.807) is 0 Å². The second kappa shape index (κ2) is 9.63. The van der Waals surface area contributed by atoms with Crippen molar-refractivity contribution in [2.45, 2.75) is 50.8 Å². The number of allylic oxidation sites excluding steroid dienone is 2. The summed E-state index contributed by atoms with van der Waals surface area (Å²) in [6.45, 7) is 3.35. The van der Waals surface area contributed by atoms with Crippen LogP contribution in [-0.4, -0.2) is 87.5 Å². The number of likely N-dealkylation sites (tertiary alicyclic amines) is 1.